The van der Waals surface area contributed by atoms with Gasteiger partial charge < -0.3 is 5.32 Å². The highest BCUT2D eigenvalue weighted by Gasteiger charge is 2.10. The Kier molecular flexibility index (Phi) is 7.30. The largest absolute Gasteiger partial charge is 0.314 e. The van der Waals surface area contributed by atoms with Crippen molar-refractivity contribution in [1.29, 1.82) is 0 Å². The fraction of sp³-hybridized carbons (Fsp3) is 0.600. The number of benzene rings is 1. The minimum atomic E-state index is 0.559. The number of hydrogen-bond acceptors (Lipinski definition) is 1. The Morgan fingerprint density at radius 2 is 1.88 bits per heavy atom. The molecule has 2 heteroatoms. The molecule has 1 rings (SSSR count). The van der Waals surface area contributed by atoms with Gasteiger partial charge in [-0.15, -0.1) is 11.6 Å². The molecule has 1 N–H and O–H groups in total. The molecule has 1 unspecified atom stereocenters. The quantitative estimate of drug-likeness (QED) is 0.548. The molecule has 0 aliphatic carbocycles. The van der Waals surface area contributed by atoms with Gasteiger partial charge in [-0.3, -0.25) is 0 Å². The maximum atomic E-state index is 5.81. The predicted molar refractivity (Wildman–Crippen MR) is 76.7 cm³/mol. The van der Waals surface area contributed by atoms with E-state index in [2.05, 4.69) is 49.5 Å². The van der Waals surface area contributed by atoms with Gasteiger partial charge in [0.1, 0.15) is 0 Å². The SMILES string of the molecule is CC(C)C(CCCl)NCCCc1ccccc1. The average molecular weight is 254 g/mol. The molecule has 0 radical (unpaired) electrons. The fourth-order valence-electron chi connectivity index (χ4n) is 2.01. The summed E-state index contributed by atoms with van der Waals surface area (Å²) in [7, 11) is 0. The van der Waals surface area contributed by atoms with Crippen LogP contribution in [-0.2, 0) is 6.42 Å². The Morgan fingerprint density at radius 1 is 1.18 bits per heavy atom. The standard InChI is InChI=1S/C15H24ClN/c1-13(2)15(10-11-16)17-12-6-9-14-7-4-3-5-8-14/h3-5,7-8,13,15,17H,6,9-12H2,1-2H3. The topological polar surface area (TPSA) is 12.0 Å². The molecule has 1 aromatic rings. The van der Waals surface area contributed by atoms with Crippen molar-refractivity contribution in [3.8, 4) is 0 Å². The molecule has 17 heavy (non-hydrogen) atoms. The fourth-order valence-corrected chi connectivity index (χ4v) is 2.25. The normalized spacial score (nSPS) is 12.9. The van der Waals surface area contributed by atoms with E-state index >= 15 is 0 Å². The van der Waals surface area contributed by atoms with Crippen molar-refractivity contribution in [3.63, 3.8) is 0 Å². The van der Waals surface area contributed by atoms with Gasteiger partial charge in [-0.1, -0.05) is 44.2 Å². The third kappa shape index (κ3) is 6.09. The van der Waals surface area contributed by atoms with E-state index in [0.29, 0.717) is 12.0 Å². The van der Waals surface area contributed by atoms with Crippen LogP contribution >= 0.6 is 11.6 Å². The van der Waals surface area contributed by atoms with Gasteiger partial charge >= 0.3 is 0 Å². The minimum absolute atomic E-state index is 0.559. The number of halogens is 1. The highest BCUT2D eigenvalue weighted by Crippen LogP contribution is 2.08. The molecule has 0 fully saturated rings. The summed E-state index contributed by atoms with van der Waals surface area (Å²) in [5.41, 5.74) is 1.42. The van der Waals surface area contributed by atoms with Crippen LogP contribution in [0.25, 0.3) is 0 Å². The molecule has 1 nitrogen and oxygen atoms in total. The van der Waals surface area contributed by atoms with Gasteiger partial charge in [-0.05, 0) is 37.3 Å². The van der Waals surface area contributed by atoms with Gasteiger partial charge in [-0.25, -0.2) is 0 Å². The van der Waals surface area contributed by atoms with Gasteiger partial charge in [0.2, 0.25) is 0 Å². The molecule has 0 aliphatic rings. The summed E-state index contributed by atoms with van der Waals surface area (Å²) in [4.78, 5) is 0. The van der Waals surface area contributed by atoms with E-state index in [1.807, 2.05) is 0 Å². The van der Waals surface area contributed by atoms with Gasteiger partial charge in [0.15, 0.2) is 0 Å². The van der Waals surface area contributed by atoms with Crippen LogP contribution in [0.2, 0.25) is 0 Å². The van der Waals surface area contributed by atoms with E-state index < -0.39 is 0 Å². The summed E-state index contributed by atoms with van der Waals surface area (Å²) >= 11 is 5.81. The van der Waals surface area contributed by atoms with Gasteiger partial charge in [0, 0.05) is 11.9 Å². The van der Waals surface area contributed by atoms with E-state index in [1.165, 1.54) is 12.0 Å². The lowest BCUT2D eigenvalue weighted by atomic mass is 10.0. The smallest absolute Gasteiger partial charge is 0.0238 e. The molecule has 0 saturated carbocycles. The first-order valence-electron chi connectivity index (χ1n) is 6.57. The number of hydrogen-bond donors (Lipinski definition) is 1. The first kappa shape index (κ1) is 14.5. The molecular formula is C15H24ClN. The van der Waals surface area contributed by atoms with Gasteiger partial charge in [0.25, 0.3) is 0 Å². The third-order valence-electron chi connectivity index (χ3n) is 3.12. The van der Waals surface area contributed by atoms with Crippen LogP contribution in [0.1, 0.15) is 32.3 Å². The number of nitrogens with one attached hydrogen (secondary N) is 1. The molecule has 0 amide bonds. The van der Waals surface area contributed by atoms with Crippen LogP contribution < -0.4 is 5.32 Å². The Balaban J connectivity index is 2.18. The molecular weight excluding hydrogens is 230 g/mol. The van der Waals surface area contributed by atoms with Crippen LogP contribution in [0.4, 0.5) is 0 Å². The molecule has 0 spiro atoms. The average Bonchev–Trinajstić information content (AvgIpc) is 2.34. The van der Waals surface area contributed by atoms with Crippen LogP contribution in [-0.4, -0.2) is 18.5 Å². The Bertz CT molecular complexity index is 284. The van der Waals surface area contributed by atoms with Crippen molar-refractivity contribution in [2.24, 2.45) is 5.92 Å². The Labute approximate surface area is 111 Å². The van der Waals surface area contributed by atoms with Crippen molar-refractivity contribution in [2.75, 3.05) is 12.4 Å². The van der Waals surface area contributed by atoms with E-state index in [1.54, 1.807) is 0 Å². The molecule has 0 bridgehead atoms. The minimum Gasteiger partial charge on any atom is -0.314 e. The zero-order valence-electron chi connectivity index (χ0n) is 11.0. The number of aryl methyl sites for hydroxylation is 1. The second-order valence-corrected chi connectivity index (χ2v) is 5.25. The Hall–Kier alpha value is -0.530. The van der Waals surface area contributed by atoms with Crippen LogP contribution in [0.5, 0.6) is 0 Å². The summed E-state index contributed by atoms with van der Waals surface area (Å²) < 4.78 is 0. The van der Waals surface area contributed by atoms with E-state index in [4.69, 9.17) is 11.6 Å². The maximum Gasteiger partial charge on any atom is 0.0238 e. The summed E-state index contributed by atoms with van der Waals surface area (Å²) in [6.07, 6.45) is 3.40. The van der Waals surface area contributed by atoms with Crippen molar-refractivity contribution in [1.82, 2.24) is 5.32 Å². The molecule has 96 valence electrons. The summed E-state index contributed by atoms with van der Waals surface area (Å²) in [6, 6.07) is 11.2. The van der Waals surface area contributed by atoms with Crippen molar-refractivity contribution >= 4 is 11.6 Å². The molecule has 0 aliphatic heterocycles. The lowest BCUT2D eigenvalue weighted by molar-refractivity contribution is 0.388. The molecule has 1 aromatic carbocycles. The lowest BCUT2D eigenvalue weighted by Crippen LogP contribution is -2.35. The highest BCUT2D eigenvalue weighted by atomic mass is 35.5. The van der Waals surface area contributed by atoms with Gasteiger partial charge in [-0.2, -0.15) is 0 Å². The van der Waals surface area contributed by atoms with Crippen molar-refractivity contribution in [3.05, 3.63) is 35.9 Å². The highest BCUT2D eigenvalue weighted by molar-refractivity contribution is 6.17. The van der Waals surface area contributed by atoms with E-state index in [9.17, 15) is 0 Å². The summed E-state index contributed by atoms with van der Waals surface area (Å²) in [5.74, 6) is 1.40. The first-order chi connectivity index (χ1) is 8.24. The van der Waals surface area contributed by atoms with Crippen molar-refractivity contribution < 1.29 is 0 Å². The summed E-state index contributed by atoms with van der Waals surface area (Å²) in [6.45, 7) is 5.58. The third-order valence-corrected chi connectivity index (χ3v) is 3.33. The zero-order chi connectivity index (χ0) is 12.5. The second-order valence-electron chi connectivity index (χ2n) is 4.87. The zero-order valence-corrected chi connectivity index (χ0v) is 11.7. The van der Waals surface area contributed by atoms with Crippen LogP contribution in [0.3, 0.4) is 0 Å². The van der Waals surface area contributed by atoms with Crippen molar-refractivity contribution in [2.45, 2.75) is 39.2 Å². The Morgan fingerprint density at radius 3 is 2.47 bits per heavy atom. The van der Waals surface area contributed by atoms with Crippen LogP contribution in [0, 0.1) is 5.92 Å². The first-order valence-corrected chi connectivity index (χ1v) is 7.10. The number of rotatable bonds is 8. The molecule has 0 heterocycles. The maximum absolute atomic E-state index is 5.81. The molecule has 0 saturated heterocycles. The molecule has 0 aromatic heterocycles. The second kappa shape index (κ2) is 8.54. The van der Waals surface area contributed by atoms with E-state index in [0.717, 1.165) is 25.3 Å². The van der Waals surface area contributed by atoms with E-state index in [-0.39, 0.29) is 0 Å². The lowest BCUT2D eigenvalue weighted by Gasteiger charge is -2.21. The predicted octanol–water partition coefficient (Wildman–Crippen LogP) is 3.86. The van der Waals surface area contributed by atoms with Crippen LogP contribution in [0.15, 0.2) is 30.3 Å². The van der Waals surface area contributed by atoms with Gasteiger partial charge in [0.05, 0.1) is 0 Å². The summed E-state index contributed by atoms with van der Waals surface area (Å²) in [5, 5.41) is 3.61. The monoisotopic (exact) mass is 253 g/mol. The number of alkyl halides is 1. The molecule has 1 atom stereocenters.